The lowest BCUT2D eigenvalue weighted by molar-refractivity contribution is 0.0799. The molecule has 0 aromatic carbocycles. The molecule has 0 saturated carbocycles. The molecule has 1 heterocycles. The highest BCUT2D eigenvalue weighted by molar-refractivity contribution is 14.1. The van der Waals surface area contributed by atoms with Gasteiger partial charge in [0.15, 0.2) is 0 Å². The van der Waals surface area contributed by atoms with E-state index in [2.05, 4.69) is 22.6 Å². The van der Waals surface area contributed by atoms with E-state index in [0.29, 0.717) is 13.1 Å². The van der Waals surface area contributed by atoms with Gasteiger partial charge in [0.1, 0.15) is 0 Å². The number of hydrogen-bond donors (Lipinski definition) is 1. The second-order valence-corrected chi connectivity index (χ2v) is 5.46. The fourth-order valence-corrected chi connectivity index (χ4v) is 2.26. The Hall–Kier alpha value is -0.140. The summed E-state index contributed by atoms with van der Waals surface area (Å²) in [5.74, 6) is 0.0459. The van der Waals surface area contributed by atoms with Crippen molar-refractivity contribution in [1.82, 2.24) is 4.90 Å². The van der Waals surface area contributed by atoms with Crippen molar-refractivity contribution in [2.24, 2.45) is 5.73 Å². The van der Waals surface area contributed by atoms with Crippen LogP contribution in [0.1, 0.15) is 10.4 Å². The zero-order valence-electron chi connectivity index (χ0n) is 7.29. The highest BCUT2D eigenvalue weighted by Gasteiger charge is 2.11. The highest BCUT2D eigenvalue weighted by Crippen LogP contribution is 2.17. The number of halogens is 1. The predicted octanol–water partition coefficient (Wildman–Crippen LogP) is 1.38. The summed E-state index contributed by atoms with van der Waals surface area (Å²) in [6.07, 6.45) is 0. The molecule has 13 heavy (non-hydrogen) atoms. The van der Waals surface area contributed by atoms with Gasteiger partial charge in [-0.15, -0.1) is 11.3 Å². The smallest absolute Gasteiger partial charge is 0.254 e. The average Bonchev–Trinajstić information content (AvgIpc) is 2.51. The SMILES string of the molecule is CN(CCN)C(=O)c1csc(I)c1. The molecule has 0 fully saturated rings. The standard InChI is InChI=1S/C8H11IN2OS/c1-11(3-2-10)8(12)6-4-7(9)13-5-6/h4-5H,2-3,10H2,1H3. The summed E-state index contributed by atoms with van der Waals surface area (Å²) >= 11 is 3.78. The van der Waals surface area contributed by atoms with Gasteiger partial charge in [0.2, 0.25) is 0 Å². The van der Waals surface area contributed by atoms with Gasteiger partial charge in [0.05, 0.1) is 8.45 Å². The summed E-state index contributed by atoms with van der Waals surface area (Å²) in [4.78, 5) is 13.3. The lowest BCUT2D eigenvalue weighted by Crippen LogP contribution is -2.31. The van der Waals surface area contributed by atoms with Gasteiger partial charge in [-0.05, 0) is 28.7 Å². The number of thiophene rings is 1. The maximum Gasteiger partial charge on any atom is 0.254 e. The third-order valence-corrected chi connectivity index (χ3v) is 3.41. The second kappa shape index (κ2) is 4.92. The van der Waals surface area contributed by atoms with Crippen molar-refractivity contribution < 1.29 is 4.79 Å². The van der Waals surface area contributed by atoms with Gasteiger partial charge >= 0.3 is 0 Å². The monoisotopic (exact) mass is 310 g/mol. The van der Waals surface area contributed by atoms with Crippen molar-refractivity contribution in [3.05, 3.63) is 19.9 Å². The van der Waals surface area contributed by atoms with E-state index in [-0.39, 0.29) is 5.91 Å². The van der Waals surface area contributed by atoms with Crippen molar-refractivity contribution >= 4 is 39.8 Å². The molecule has 0 unspecified atom stereocenters. The second-order valence-electron chi connectivity index (χ2n) is 2.65. The van der Waals surface area contributed by atoms with E-state index < -0.39 is 0 Å². The Balaban J connectivity index is 2.67. The van der Waals surface area contributed by atoms with Gasteiger partial charge in [-0.25, -0.2) is 0 Å². The number of rotatable bonds is 3. The maximum atomic E-state index is 11.6. The first kappa shape index (κ1) is 10.9. The van der Waals surface area contributed by atoms with E-state index in [4.69, 9.17) is 5.73 Å². The largest absolute Gasteiger partial charge is 0.340 e. The molecule has 0 aliphatic heterocycles. The lowest BCUT2D eigenvalue weighted by atomic mass is 10.3. The molecular formula is C8H11IN2OS. The van der Waals surface area contributed by atoms with Crippen LogP contribution in [0.3, 0.4) is 0 Å². The molecule has 1 aromatic heterocycles. The molecule has 72 valence electrons. The highest BCUT2D eigenvalue weighted by atomic mass is 127. The Bertz CT molecular complexity index is 300. The number of carbonyl (C=O) groups is 1. The van der Waals surface area contributed by atoms with Crippen LogP contribution in [0.25, 0.3) is 0 Å². The van der Waals surface area contributed by atoms with E-state index in [1.165, 1.54) is 0 Å². The van der Waals surface area contributed by atoms with Crippen LogP contribution < -0.4 is 5.73 Å². The van der Waals surface area contributed by atoms with Crippen molar-refractivity contribution in [2.45, 2.75) is 0 Å². The zero-order chi connectivity index (χ0) is 9.84. The van der Waals surface area contributed by atoms with Gasteiger partial charge in [-0.2, -0.15) is 0 Å². The third kappa shape index (κ3) is 2.92. The quantitative estimate of drug-likeness (QED) is 0.858. The Morgan fingerprint density at radius 3 is 2.92 bits per heavy atom. The molecule has 0 bridgehead atoms. The van der Waals surface area contributed by atoms with Crippen LogP contribution in [-0.2, 0) is 0 Å². The predicted molar refractivity (Wildman–Crippen MR) is 63.1 cm³/mol. The summed E-state index contributed by atoms with van der Waals surface area (Å²) in [5.41, 5.74) is 6.11. The topological polar surface area (TPSA) is 46.3 Å². The van der Waals surface area contributed by atoms with Crippen LogP contribution in [0.4, 0.5) is 0 Å². The molecule has 0 aliphatic rings. The van der Waals surface area contributed by atoms with E-state index in [1.807, 2.05) is 11.4 Å². The van der Waals surface area contributed by atoms with Crippen molar-refractivity contribution in [3.8, 4) is 0 Å². The molecule has 1 aromatic rings. The molecule has 2 N–H and O–H groups in total. The van der Waals surface area contributed by atoms with Gasteiger partial charge in [-0.1, -0.05) is 0 Å². The van der Waals surface area contributed by atoms with Gasteiger partial charge in [0.25, 0.3) is 5.91 Å². The molecule has 3 nitrogen and oxygen atoms in total. The summed E-state index contributed by atoms with van der Waals surface area (Å²) in [6, 6.07) is 1.89. The molecule has 0 saturated heterocycles. The average molecular weight is 310 g/mol. The van der Waals surface area contributed by atoms with Crippen LogP contribution in [0.2, 0.25) is 0 Å². The molecule has 5 heteroatoms. The molecular weight excluding hydrogens is 299 g/mol. The minimum absolute atomic E-state index is 0.0459. The van der Waals surface area contributed by atoms with Crippen molar-refractivity contribution in [1.29, 1.82) is 0 Å². The minimum Gasteiger partial charge on any atom is -0.340 e. The van der Waals surface area contributed by atoms with Gasteiger partial charge in [-0.3, -0.25) is 4.79 Å². The number of carbonyl (C=O) groups excluding carboxylic acids is 1. The van der Waals surface area contributed by atoms with Gasteiger partial charge in [0, 0.05) is 25.5 Å². The van der Waals surface area contributed by atoms with E-state index in [9.17, 15) is 4.79 Å². The number of hydrogen-bond acceptors (Lipinski definition) is 3. The van der Waals surface area contributed by atoms with E-state index in [1.54, 1.807) is 23.3 Å². The number of likely N-dealkylation sites (N-methyl/N-ethyl adjacent to an activating group) is 1. The van der Waals surface area contributed by atoms with Crippen LogP contribution >= 0.6 is 33.9 Å². The van der Waals surface area contributed by atoms with Crippen LogP contribution in [0, 0.1) is 2.88 Å². The van der Waals surface area contributed by atoms with Crippen molar-refractivity contribution in [2.75, 3.05) is 20.1 Å². The Morgan fingerprint density at radius 2 is 2.46 bits per heavy atom. The van der Waals surface area contributed by atoms with Gasteiger partial charge < -0.3 is 10.6 Å². The van der Waals surface area contributed by atoms with Crippen LogP contribution in [-0.4, -0.2) is 30.9 Å². The Labute approximate surface area is 95.1 Å². The first-order valence-corrected chi connectivity index (χ1v) is 5.80. The number of nitrogens with two attached hydrogens (primary N) is 1. The fourth-order valence-electron chi connectivity index (χ4n) is 0.938. The Kier molecular flexibility index (Phi) is 4.14. The van der Waals surface area contributed by atoms with Crippen molar-refractivity contribution in [3.63, 3.8) is 0 Å². The molecule has 1 amide bonds. The first-order chi connectivity index (χ1) is 6.15. The molecule has 0 spiro atoms. The first-order valence-electron chi connectivity index (χ1n) is 3.84. The summed E-state index contributed by atoms with van der Waals surface area (Å²) in [5, 5.41) is 1.87. The molecule has 0 radical (unpaired) electrons. The normalized spacial score (nSPS) is 10.1. The summed E-state index contributed by atoms with van der Waals surface area (Å²) in [6.45, 7) is 1.11. The molecule has 1 rings (SSSR count). The third-order valence-electron chi connectivity index (χ3n) is 1.63. The summed E-state index contributed by atoms with van der Waals surface area (Å²) < 4.78 is 1.13. The van der Waals surface area contributed by atoms with Crippen LogP contribution in [0.5, 0.6) is 0 Å². The van der Waals surface area contributed by atoms with E-state index in [0.717, 1.165) is 8.45 Å². The molecule has 0 aliphatic carbocycles. The lowest BCUT2D eigenvalue weighted by Gasteiger charge is -2.14. The number of amides is 1. The Morgan fingerprint density at radius 1 is 1.77 bits per heavy atom. The summed E-state index contributed by atoms with van der Waals surface area (Å²) in [7, 11) is 1.76. The zero-order valence-corrected chi connectivity index (χ0v) is 10.3. The minimum atomic E-state index is 0.0459. The molecule has 0 atom stereocenters. The fraction of sp³-hybridized carbons (Fsp3) is 0.375. The van der Waals surface area contributed by atoms with E-state index >= 15 is 0 Å². The number of nitrogens with zero attached hydrogens (tertiary/aromatic N) is 1. The maximum absolute atomic E-state index is 11.6. The van der Waals surface area contributed by atoms with Crippen LogP contribution in [0.15, 0.2) is 11.4 Å².